The molecule has 0 saturated carbocycles. The van der Waals surface area contributed by atoms with E-state index in [1.165, 1.54) is 6.08 Å². The van der Waals surface area contributed by atoms with E-state index in [4.69, 9.17) is 4.74 Å². The van der Waals surface area contributed by atoms with Crippen molar-refractivity contribution in [1.82, 2.24) is 9.80 Å². The number of carbonyl (C=O) groups excluding carboxylic acids is 1. The van der Waals surface area contributed by atoms with E-state index in [0.717, 1.165) is 18.7 Å². The van der Waals surface area contributed by atoms with E-state index >= 15 is 0 Å². The summed E-state index contributed by atoms with van der Waals surface area (Å²) in [7, 11) is 0. The number of aromatic hydroxyl groups is 1. The van der Waals surface area contributed by atoms with E-state index in [1.807, 2.05) is 4.90 Å². The maximum atomic E-state index is 11.7. The van der Waals surface area contributed by atoms with E-state index in [0.29, 0.717) is 19.6 Å². The molecule has 0 spiro atoms. The van der Waals surface area contributed by atoms with Crippen LogP contribution in [0, 0.1) is 10.1 Å². The summed E-state index contributed by atoms with van der Waals surface area (Å²) in [5.41, 5.74) is 0.792. The summed E-state index contributed by atoms with van der Waals surface area (Å²) in [6, 6.07) is 6.48. The third kappa shape index (κ3) is 7.19. The van der Waals surface area contributed by atoms with Crippen LogP contribution in [0.2, 0.25) is 0 Å². The van der Waals surface area contributed by atoms with Crippen molar-refractivity contribution in [2.45, 2.75) is 0 Å². The molecular formula is C16H21N3O6. The van der Waals surface area contributed by atoms with Gasteiger partial charge in [-0.15, -0.1) is 10.1 Å². The number of rotatable bonds is 8. The second-order valence-corrected chi connectivity index (χ2v) is 5.53. The Morgan fingerprint density at radius 3 is 2.48 bits per heavy atom. The quantitative estimate of drug-likeness (QED) is 0.316. The Balaban J connectivity index is 1.62. The number of piperazine rings is 1. The lowest BCUT2D eigenvalue weighted by atomic mass is 10.2. The summed E-state index contributed by atoms with van der Waals surface area (Å²) in [5.74, 6) is -0.265. The van der Waals surface area contributed by atoms with E-state index in [-0.39, 0.29) is 19.1 Å². The molecule has 1 aliphatic rings. The van der Waals surface area contributed by atoms with Crippen LogP contribution in [0.15, 0.2) is 30.3 Å². The first-order valence-electron chi connectivity index (χ1n) is 7.89. The Labute approximate surface area is 145 Å². The minimum atomic E-state index is -0.790. The van der Waals surface area contributed by atoms with Crippen LogP contribution in [-0.4, -0.2) is 72.0 Å². The molecule has 1 saturated heterocycles. The standard InChI is InChI=1S/C16H21N3O6/c20-15-4-1-14(2-5-15)3-6-16(21)24-13-18-9-7-17(8-10-18)11-12-25-19(22)23/h1-6,20H,7-13H2/b6-3+. The van der Waals surface area contributed by atoms with Crippen molar-refractivity contribution in [3.8, 4) is 5.75 Å². The minimum Gasteiger partial charge on any atom is -0.508 e. The lowest BCUT2D eigenvalue weighted by Crippen LogP contribution is -2.48. The van der Waals surface area contributed by atoms with Crippen molar-refractivity contribution in [3.63, 3.8) is 0 Å². The topological polar surface area (TPSA) is 105 Å². The fraction of sp³-hybridized carbons (Fsp3) is 0.438. The molecule has 9 nitrogen and oxygen atoms in total. The van der Waals surface area contributed by atoms with Crippen molar-refractivity contribution in [2.24, 2.45) is 0 Å². The van der Waals surface area contributed by atoms with Crippen molar-refractivity contribution in [3.05, 3.63) is 46.0 Å². The van der Waals surface area contributed by atoms with Gasteiger partial charge < -0.3 is 14.7 Å². The number of benzene rings is 1. The molecule has 1 aromatic carbocycles. The largest absolute Gasteiger partial charge is 0.508 e. The van der Waals surface area contributed by atoms with Crippen molar-refractivity contribution < 1.29 is 24.6 Å². The van der Waals surface area contributed by atoms with Crippen LogP contribution < -0.4 is 0 Å². The number of carbonyl (C=O) groups is 1. The molecule has 0 atom stereocenters. The lowest BCUT2D eigenvalue weighted by molar-refractivity contribution is -0.757. The highest BCUT2D eigenvalue weighted by Crippen LogP contribution is 2.10. The van der Waals surface area contributed by atoms with Gasteiger partial charge in [-0.2, -0.15) is 0 Å². The third-order valence-corrected chi connectivity index (χ3v) is 3.76. The van der Waals surface area contributed by atoms with Gasteiger partial charge in [-0.1, -0.05) is 12.1 Å². The number of hydrogen-bond donors (Lipinski definition) is 1. The Bertz CT molecular complexity index is 596. The zero-order chi connectivity index (χ0) is 18.1. The van der Waals surface area contributed by atoms with Gasteiger partial charge in [0.15, 0.2) is 0 Å². The Morgan fingerprint density at radius 1 is 1.20 bits per heavy atom. The average molecular weight is 351 g/mol. The van der Waals surface area contributed by atoms with Crippen LogP contribution in [0.25, 0.3) is 6.08 Å². The first kappa shape index (κ1) is 18.7. The molecule has 1 aromatic rings. The first-order chi connectivity index (χ1) is 12.0. The van der Waals surface area contributed by atoms with Gasteiger partial charge in [-0.05, 0) is 23.8 Å². The molecule has 0 radical (unpaired) electrons. The number of nitrogens with zero attached hydrogens (tertiary/aromatic N) is 3. The van der Waals surface area contributed by atoms with Gasteiger partial charge in [0.25, 0.3) is 5.09 Å². The zero-order valence-electron chi connectivity index (χ0n) is 13.7. The van der Waals surface area contributed by atoms with Gasteiger partial charge in [0.1, 0.15) is 19.1 Å². The van der Waals surface area contributed by atoms with Crippen LogP contribution >= 0.6 is 0 Å². The molecule has 2 rings (SSSR count). The summed E-state index contributed by atoms with van der Waals surface area (Å²) < 4.78 is 5.19. The average Bonchev–Trinajstić information content (AvgIpc) is 2.60. The van der Waals surface area contributed by atoms with Crippen LogP contribution in [0.4, 0.5) is 0 Å². The molecule has 1 fully saturated rings. The molecule has 0 bridgehead atoms. The van der Waals surface area contributed by atoms with Crippen molar-refractivity contribution in [2.75, 3.05) is 46.1 Å². The van der Waals surface area contributed by atoms with Gasteiger partial charge in [-0.25, -0.2) is 4.79 Å². The van der Waals surface area contributed by atoms with E-state index in [1.54, 1.807) is 30.3 Å². The SMILES string of the molecule is O=C(/C=C/c1ccc(O)cc1)OCN1CCN(CCO[N+](=O)[O-])CC1. The molecule has 0 aliphatic carbocycles. The van der Waals surface area contributed by atoms with E-state index in [9.17, 15) is 20.0 Å². The number of phenolic OH excluding ortho intramolecular Hbond substituents is 1. The van der Waals surface area contributed by atoms with Gasteiger partial charge in [-0.3, -0.25) is 9.80 Å². The molecule has 0 unspecified atom stereocenters. The summed E-state index contributed by atoms with van der Waals surface area (Å²) in [4.78, 5) is 30.2. The zero-order valence-corrected chi connectivity index (χ0v) is 13.7. The predicted molar refractivity (Wildman–Crippen MR) is 89.1 cm³/mol. The maximum absolute atomic E-state index is 11.7. The second-order valence-electron chi connectivity index (χ2n) is 5.53. The van der Waals surface area contributed by atoms with Crippen LogP contribution in [-0.2, 0) is 14.4 Å². The molecule has 1 aliphatic heterocycles. The normalized spacial score (nSPS) is 16.0. The number of esters is 1. The van der Waals surface area contributed by atoms with Gasteiger partial charge in [0.2, 0.25) is 0 Å². The Morgan fingerprint density at radius 2 is 1.84 bits per heavy atom. The summed E-state index contributed by atoms with van der Waals surface area (Å²) in [6.45, 7) is 3.68. The number of phenols is 1. The molecule has 9 heteroatoms. The molecule has 1 N–H and O–H groups in total. The highest BCUT2D eigenvalue weighted by Gasteiger charge is 2.17. The summed E-state index contributed by atoms with van der Waals surface area (Å²) in [5, 5.41) is 18.5. The molecule has 0 aromatic heterocycles. The molecule has 136 valence electrons. The van der Waals surface area contributed by atoms with Crippen LogP contribution in [0.3, 0.4) is 0 Å². The van der Waals surface area contributed by atoms with Crippen LogP contribution in [0.1, 0.15) is 5.56 Å². The molecule has 0 amide bonds. The highest BCUT2D eigenvalue weighted by atomic mass is 16.9. The van der Waals surface area contributed by atoms with Crippen molar-refractivity contribution in [1.29, 1.82) is 0 Å². The van der Waals surface area contributed by atoms with Gasteiger partial charge in [0, 0.05) is 38.8 Å². The number of ether oxygens (including phenoxy) is 1. The minimum absolute atomic E-state index is 0.0596. The van der Waals surface area contributed by atoms with E-state index in [2.05, 4.69) is 9.74 Å². The molecular weight excluding hydrogens is 330 g/mol. The Hall–Kier alpha value is -2.65. The summed E-state index contributed by atoms with van der Waals surface area (Å²) >= 11 is 0. The monoisotopic (exact) mass is 351 g/mol. The van der Waals surface area contributed by atoms with Gasteiger partial charge in [0.05, 0.1) is 0 Å². The van der Waals surface area contributed by atoms with Crippen LogP contribution in [0.5, 0.6) is 5.75 Å². The smallest absolute Gasteiger partial charge is 0.332 e. The summed E-state index contributed by atoms with van der Waals surface area (Å²) in [6.07, 6.45) is 2.96. The highest BCUT2D eigenvalue weighted by molar-refractivity contribution is 5.87. The predicted octanol–water partition coefficient (Wildman–Crippen LogP) is 0.732. The fourth-order valence-electron chi connectivity index (χ4n) is 2.34. The first-order valence-corrected chi connectivity index (χ1v) is 7.89. The van der Waals surface area contributed by atoms with Gasteiger partial charge >= 0.3 is 5.97 Å². The lowest BCUT2D eigenvalue weighted by Gasteiger charge is -2.33. The third-order valence-electron chi connectivity index (χ3n) is 3.76. The van der Waals surface area contributed by atoms with E-state index < -0.39 is 11.1 Å². The fourth-order valence-corrected chi connectivity index (χ4v) is 2.34. The van der Waals surface area contributed by atoms with Crippen molar-refractivity contribution >= 4 is 12.0 Å². The second kappa shape index (κ2) is 9.60. The molecule has 1 heterocycles. The Kier molecular flexibility index (Phi) is 7.17. The number of hydrogen-bond acceptors (Lipinski definition) is 8. The molecule has 25 heavy (non-hydrogen) atoms. The maximum Gasteiger partial charge on any atom is 0.332 e.